The second-order valence-corrected chi connectivity index (χ2v) is 5.76. The van der Waals surface area contributed by atoms with Crippen LogP contribution in [0.25, 0.3) is 0 Å². The molecule has 2 N–H and O–H groups in total. The molecule has 0 atom stereocenters. The molecule has 0 saturated carbocycles. The summed E-state index contributed by atoms with van der Waals surface area (Å²) in [4.78, 5) is 12.1. The summed E-state index contributed by atoms with van der Waals surface area (Å²) in [7, 11) is 0. The maximum Gasteiger partial charge on any atom is 0.265 e. The van der Waals surface area contributed by atoms with E-state index < -0.39 is 0 Å². The van der Waals surface area contributed by atoms with Gasteiger partial charge in [0.25, 0.3) is 5.56 Å². The maximum atomic E-state index is 12.1. The van der Waals surface area contributed by atoms with Crippen LogP contribution >= 0.6 is 39.1 Å². The number of nitrogens with two attached hydrogens (primary N) is 1. The lowest BCUT2D eigenvalue weighted by Gasteiger charge is -2.12. The van der Waals surface area contributed by atoms with Crippen molar-refractivity contribution in [3.63, 3.8) is 0 Å². The Balaban J connectivity index is 2.54. The van der Waals surface area contributed by atoms with Gasteiger partial charge in [-0.2, -0.15) is 0 Å². The molecule has 0 spiro atoms. The number of hydrogen-bond acceptors (Lipinski definition) is 2. The molecule has 1 heterocycles. The highest BCUT2D eigenvalue weighted by Gasteiger charge is 2.11. The smallest absolute Gasteiger partial charge is 0.265 e. The molecule has 0 aliphatic carbocycles. The van der Waals surface area contributed by atoms with E-state index in [1.54, 1.807) is 31.3 Å². The Morgan fingerprint density at radius 1 is 1.32 bits per heavy atom. The van der Waals surface area contributed by atoms with E-state index in [0.29, 0.717) is 25.8 Å². The van der Waals surface area contributed by atoms with Crippen molar-refractivity contribution in [3.05, 3.63) is 60.4 Å². The summed E-state index contributed by atoms with van der Waals surface area (Å²) in [6, 6.07) is 5.23. The van der Waals surface area contributed by atoms with E-state index in [4.69, 9.17) is 28.9 Å². The number of rotatable bonds is 2. The first-order valence-electron chi connectivity index (χ1n) is 5.49. The summed E-state index contributed by atoms with van der Waals surface area (Å²) >= 11 is 15.5. The first-order chi connectivity index (χ1) is 8.91. The highest BCUT2D eigenvalue weighted by atomic mass is 79.9. The number of hydrogen-bond donors (Lipinski definition) is 1. The average Bonchev–Trinajstić information content (AvgIpc) is 2.37. The Morgan fingerprint density at radius 2 is 1.89 bits per heavy atom. The molecule has 1 aromatic heterocycles. The second-order valence-electron chi connectivity index (χ2n) is 4.16. The molecule has 0 saturated heterocycles. The van der Waals surface area contributed by atoms with Crippen molar-refractivity contribution < 1.29 is 0 Å². The molecule has 2 aromatic rings. The number of nitrogen functional groups attached to an aromatic ring is 1. The molecule has 1 aromatic carbocycles. The lowest BCUT2D eigenvalue weighted by Crippen LogP contribution is -2.23. The summed E-state index contributed by atoms with van der Waals surface area (Å²) in [5.74, 6) is 0. The van der Waals surface area contributed by atoms with Gasteiger partial charge in [0, 0.05) is 21.8 Å². The Labute approximate surface area is 129 Å². The van der Waals surface area contributed by atoms with Crippen molar-refractivity contribution in [1.82, 2.24) is 4.57 Å². The lowest BCUT2D eigenvalue weighted by atomic mass is 10.2. The number of halogens is 3. The lowest BCUT2D eigenvalue weighted by molar-refractivity contribution is 0.755. The first-order valence-corrected chi connectivity index (χ1v) is 7.04. The van der Waals surface area contributed by atoms with Gasteiger partial charge < -0.3 is 10.3 Å². The summed E-state index contributed by atoms with van der Waals surface area (Å²) in [5.41, 5.74) is 7.66. The zero-order valence-corrected chi connectivity index (χ0v) is 13.2. The van der Waals surface area contributed by atoms with Crippen LogP contribution in [0.4, 0.5) is 5.69 Å². The van der Waals surface area contributed by atoms with Crippen LogP contribution in [-0.2, 0) is 6.54 Å². The average molecular weight is 362 g/mol. The normalized spacial score (nSPS) is 10.7. The van der Waals surface area contributed by atoms with Crippen molar-refractivity contribution in [2.75, 3.05) is 5.73 Å². The minimum atomic E-state index is -0.164. The molecule has 0 unspecified atom stereocenters. The van der Waals surface area contributed by atoms with E-state index in [-0.39, 0.29) is 12.1 Å². The predicted octanol–water partition coefficient (Wildman–Crippen LogP) is 3.86. The van der Waals surface area contributed by atoms with E-state index in [1.165, 1.54) is 4.57 Å². The first kappa shape index (κ1) is 14.4. The van der Waals surface area contributed by atoms with Crippen molar-refractivity contribution in [2.45, 2.75) is 13.5 Å². The zero-order valence-electron chi connectivity index (χ0n) is 10.1. The van der Waals surface area contributed by atoms with Gasteiger partial charge in [-0.25, -0.2) is 0 Å². The fraction of sp³-hybridized carbons (Fsp3) is 0.154. The third-order valence-corrected chi connectivity index (χ3v) is 4.54. The molecule has 6 heteroatoms. The molecule has 100 valence electrons. The largest absolute Gasteiger partial charge is 0.397 e. The summed E-state index contributed by atoms with van der Waals surface area (Å²) in [6.07, 6.45) is 1.60. The molecular formula is C13H11BrCl2N2O. The minimum absolute atomic E-state index is 0.164. The van der Waals surface area contributed by atoms with E-state index in [1.807, 2.05) is 0 Å². The number of benzene rings is 1. The standard InChI is InChI=1S/C13H11BrCl2N2O/c1-7-11(17)6-18(13(19)12(7)14)5-8-9(15)3-2-4-10(8)16/h2-4,6H,5,17H2,1H3. The second kappa shape index (κ2) is 5.57. The Hall–Kier alpha value is -0.970. The molecule has 19 heavy (non-hydrogen) atoms. The topological polar surface area (TPSA) is 48.0 Å². The van der Waals surface area contributed by atoms with Crippen LogP contribution in [0.2, 0.25) is 10.0 Å². The molecule has 0 radical (unpaired) electrons. The van der Waals surface area contributed by atoms with Crippen LogP contribution in [0.3, 0.4) is 0 Å². The van der Waals surface area contributed by atoms with Gasteiger partial charge in [-0.15, -0.1) is 0 Å². The number of aromatic nitrogens is 1. The predicted molar refractivity (Wildman–Crippen MR) is 83.1 cm³/mol. The van der Waals surface area contributed by atoms with Gasteiger partial charge in [-0.1, -0.05) is 29.3 Å². The Morgan fingerprint density at radius 3 is 2.47 bits per heavy atom. The highest BCUT2D eigenvalue weighted by molar-refractivity contribution is 9.10. The maximum absolute atomic E-state index is 12.1. The Kier molecular flexibility index (Phi) is 4.23. The number of anilines is 1. The monoisotopic (exact) mass is 360 g/mol. The van der Waals surface area contributed by atoms with Gasteiger partial charge in [-0.3, -0.25) is 4.79 Å². The van der Waals surface area contributed by atoms with E-state index in [0.717, 1.165) is 5.56 Å². The van der Waals surface area contributed by atoms with Gasteiger partial charge in [-0.05, 0) is 40.5 Å². The summed E-state index contributed by atoms with van der Waals surface area (Å²) in [6.45, 7) is 2.06. The van der Waals surface area contributed by atoms with Crippen LogP contribution < -0.4 is 11.3 Å². The van der Waals surface area contributed by atoms with Crippen molar-refractivity contribution in [3.8, 4) is 0 Å². The minimum Gasteiger partial charge on any atom is -0.397 e. The van der Waals surface area contributed by atoms with Crippen LogP contribution in [0.15, 0.2) is 33.7 Å². The molecule has 0 amide bonds. The van der Waals surface area contributed by atoms with Crippen LogP contribution in [-0.4, -0.2) is 4.57 Å². The van der Waals surface area contributed by atoms with Crippen molar-refractivity contribution in [2.24, 2.45) is 0 Å². The van der Waals surface area contributed by atoms with Crippen molar-refractivity contribution in [1.29, 1.82) is 0 Å². The van der Waals surface area contributed by atoms with Gasteiger partial charge in [0.1, 0.15) is 0 Å². The highest BCUT2D eigenvalue weighted by Crippen LogP contribution is 2.25. The van der Waals surface area contributed by atoms with Gasteiger partial charge >= 0.3 is 0 Å². The van der Waals surface area contributed by atoms with E-state index in [2.05, 4.69) is 15.9 Å². The third kappa shape index (κ3) is 2.81. The molecule has 0 bridgehead atoms. The third-order valence-electron chi connectivity index (χ3n) is 2.90. The van der Waals surface area contributed by atoms with Crippen LogP contribution in [0.1, 0.15) is 11.1 Å². The fourth-order valence-electron chi connectivity index (χ4n) is 1.71. The molecule has 0 aliphatic heterocycles. The molecule has 0 aliphatic rings. The Bertz CT molecular complexity index is 678. The van der Waals surface area contributed by atoms with E-state index in [9.17, 15) is 4.79 Å². The SMILES string of the molecule is Cc1c(N)cn(Cc2c(Cl)cccc2Cl)c(=O)c1Br. The van der Waals surface area contributed by atoms with Crippen molar-refractivity contribution >= 4 is 44.8 Å². The summed E-state index contributed by atoms with van der Waals surface area (Å²) in [5, 5.41) is 1.05. The van der Waals surface area contributed by atoms with Crippen LogP contribution in [0, 0.1) is 6.92 Å². The fourth-order valence-corrected chi connectivity index (χ4v) is 2.68. The molecule has 0 fully saturated rings. The molecular weight excluding hydrogens is 351 g/mol. The number of nitrogens with zero attached hydrogens (tertiary/aromatic N) is 1. The van der Waals surface area contributed by atoms with Gasteiger partial charge in [0.05, 0.1) is 16.7 Å². The van der Waals surface area contributed by atoms with Gasteiger partial charge in [0.2, 0.25) is 0 Å². The molecule has 2 rings (SSSR count). The summed E-state index contributed by atoms with van der Waals surface area (Å²) < 4.78 is 1.94. The van der Waals surface area contributed by atoms with Crippen LogP contribution in [0.5, 0.6) is 0 Å². The molecule has 3 nitrogen and oxygen atoms in total. The quantitative estimate of drug-likeness (QED) is 0.882. The number of pyridine rings is 1. The van der Waals surface area contributed by atoms with E-state index >= 15 is 0 Å². The van der Waals surface area contributed by atoms with Gasteiger partial charge in [0.15, 0.2) is 0 Å². The zero-order chi connectivity index (χ0) is 14.2.